The van der Waals surface area contributed by atoms with Crippen molar-refractivity contribution in [3.05, 3.63) is 53.7 Å². The molecule has 1 fully saturated rings. The number of benzene rings is 1. The molecule has 30 heavy (non-hydrogen) atoms. The van der Waals surface area contributed by atoms with E-state index >= 15 is 0 Å². The molecule has 3 rings (SSSR count). The lowest BCUT2D eigenvalue weighted by Crippen LogP contribution is -2.48. The summed E-state index contributed by atoms with van der Waals surface area (Å²) in [6.45, 7) is 5.08. The summed E-state index contributed by atoms with van der Waals surface area (Å²) in [5, 5.41) is 3.08. The minimum absolute atomic E-state index is 0.0133. The molecule has 0 spiro atoms. The highest BCUT2D eigenvalue weighted by atomic mass is 32.2. The van der Waals surface area contributed by atoms with Gasteiger partial charge >= 0.3 is 0 Å². The number of morpholine rings is 1. The Kier molecular flexibility index (Phi) is 7.02. The van der Waals surface area contributed by atoms with E-state index < -0.39 is 27.7 Å². The van der Waals surface area contributed by atoms with Gasteiger partial charge in [-0.15, -0.1) is 0 Å². The number of ether oxygens (including phenoxy) is 1. The van der Waals surface area contributed by atoms with Crippen molar-refractivity contribution in [1.29, 1.82) is 0 Å². The van der Waals surface area contributed by atoms with Crippen molar-refractivity contribution >= 4 is 15.8 Å². The molecule has 0 bridgehead atoms. The normalized spacial score (nSPS) is 21.4. The first-order chi connectivity index (χ1) is 14.2. The summed E-state index contributed by atoms with van der Waals surface area (Å²) in [4.78, 5) is 6.14. The number of pyridine rings is 1. The van der Waals surface area contributed by atoms with E-state index in [4.69, 9.17) is 4.74 Å². The quantitative estimate of drug-likeness (QED) is 0.689. The van der Waals surface area contributed by atoms with E-state index in [-0.39, 0.29) is 29.2 Å². The molecule has 1 aromatic heterocycles. The molecule has 0 radical (unpaired) electrons. The maximum absolute atomic E-state index is 14.6. The van der Waals surface area contributed by atoms with E-state index in [0.29, 0.717) is 18.9 Å². The van der Waals surface area contributed by atoms with Crippen LogP contribution in [0.25, 0.3) is 0 Å². The fourth-order valence-corrected chi connectivity index (χ4v) is 4.35. The minimum atomic E-state index is -3.59. The predicted molar refractivity (Wildman–Crippen MR) is 110 cm³/mol. The number of sulfonamides is 1. The first-order valence-corrected chi connectivity index (χ1v) is 11.2. The third kappa shape index (κ3) is 5.12. The highest BCUT2D eigenvalue weighted by Crippen LogP contribution is 2.29. The van der Waals surface area contributed by atoms with Gasteiger partial charge < -0.3 is 10.1 Å². The van der Waals surface area contributed by atoms with Gasteiger partial charge in [0.25, 0.3) is 0 Å². The number of anilines is 1. The van der Waals surface area contributed by atoms with Gasteiger partial charge in [0.15, 0.2) is 0 Å². The Labute approximate surface area is 175 Å². The van der Waals surface area contributed by atoms with Gasteiger partial charge in [0.2, 0.25) is 10.0 Å². The number of hydrogen-bond donors (Lipinski definition) is 2. The van der Waals surface area contributed by atoms with Crippen LogP contribution in [0.15, 0.2) is 41.4 Å². The van der Waals surface area contributed by atoms with Crippen LogP contribution in [0.1, 0.15) is 25.5 Å². The Morgan fingerprint density at radius 2 is 1.80 bits per heavy atom. The van der Waals surface area contributed by atoms with Gasteiger partial charge in [0.05, 0.1) is 18.2 Å². The van der Waals surface area contributed by atoms with Crippen molar-refractivity contribution in [2.24, 2.45) is 0 Å². The molecule has 1 aliphatic rings. The molecule has 7 nitrogen and oxygen atoms in total. The Hall–Kier alpha value is -2.14. The van der Waals surface area contributed by atoms with Gasteiger partial charge in [0, 0.05) is 31.4 Å². The number of rotatable bonds is 7. The van der Waals surface area contributed by atoms with Crippen molar-refractivity contribution in [2.45, 2.75) is 37.0 Å². The molecule has 0 amide bonds. The van der Waals surface area contributed by atoms with Crippen molar-refractivity contribution in [3.63, 3.8) is 0 Å². The molecule has 2 heterocycles. The average molecular weight is 441 g/mol. The predicted octanol–water partition coefficient (Wildman–Crippen LogP) is 2.53. The smallest absolute Gasteiger partial charge is 0.241 e. The Balaban J connectivity index is 1.84. The van der Waals surface area contributed by atoms with Gasteiger partial charge in [-0.3, -0.25) is 4.90 Å². The summed E-state index contributed by atoms with van der Waals surface area (Å²) < 4.78 is 60.8. The molecule has 2 aromatic rings. The number of aromatic nitrogens is 1. The van der Waals surface area contributed by atoms with Crippen LogP contribution in [0.3, 0.4) is 0 Å². The lowest BCUT2D eigenvalue weighted by molar-refractivity contribution is -0.0801. The molecule has 0 aliphatic carbocycles. The Morgan fingerprint density at radius 3 is 2.33 bits per heavy atom. The lowest BCUT2D eigenvalue weighted by atomic mass is 10.0. The van der Waals surface area contributed by atoms with Crippen molar-refractivity contribution in [2.75, 3.05) is 32.0 Å². The van der Waals surface area contributed by atoms with Gasteiger partial charge in [-0.1, -0.05) is 6.07 Å². The molecule has 164 valence electrons. The number of halogens is 2. The summed E-state index contributed by atoms with van der Waals surface area (Å²) in [7, 11) is -2.27. The van der Waals surface area contributed by atoms with Crippen LogP contribution in [0.2, 0.25) is 0 Å². The maximum Gasteiger partial charge on any atom is 0.241 e. The van der Waals surface area contributed by atoms with Gasteiger partial charge in [-0.25, -0.2) is 26.9 Å². The zero-order chi connectivity index (χ0) is 21.9. The zero-order valence-corrected chi connectivity index (χ0v) is 17.9. The fourth-order valence-electron chi connectivity index (χ4n) is 3.68. The SMILES string of the molecule is CNS(=O)(=O)c1ccc(NCC(c2c(F)cccc2F)N2CC(C)OC(C)C2)nc1. The number of hydrogen-bond acceptors (Lipinski definition) is 6. The minimum Gasteiger partial charge on any atom is -0.373 e. The summed E-state index contributed by atoms with van der Waals surface area (Å²) in [5.74, 6) is -0.824. The topological polar surface area (TPSA) is 83.6 Å². The third-order valence-electron chi connectivity index (χ3n) is 5.01. The van der Waals surface area contributed by atoms with Crippen LogP contribution in [0, 0.1) is 11.6 Å². The van der Waals surface area contributed by atoms with Crippen LogP contribution >= 0.6 is 0 Å². The summed E-state index contributed by atoms with van der Waals surface area (Å²) >= 11 is 0. The first-order valence-electron chi connectivity index (χ1n) is 9.68. The second kappa shape index (κ2) is 9.34. The monoisotopic (exact) mass is 440 g/mol. The van der Waals surface area contributed by atoms with Crippen LogP contribution < -0.4 is 10.0 Å². The zero-order valence-electron chi connectivity index (χ0n) is 17.1. The van der Waals surface area contributed by atoms with E-state index in [9.17, 15) is 17.2 Å². The molecule has 0 saturated carbocycles. The van der Waals surface area contributed by atoms with Gasteiger partial charge in [0.1, 0.15) is 22.3 Å². The van der Waals surface area contributed by atoms with Crippen molar-refractivity contribution in [1.82, 2.24) is 14.6 Å². The molecule has 1 saturated heterocycles. The van der Waals surface area contributed by atoms with E-state index in [1.807, 2.05) is 18.7 Å². The molecule has 3 unspecified atom stereocenters. The third-order valence-corrected chi connectivity index (χ3v) is 6.41. The Morgan fingerprint density at radius 1 is 1.17 bits per heavy atom. The van der Waals surface area contributed by atoms with Crippen molar-refractivity contribution < 1.29 is 21.9 Å². The number of nitrogens with one attached hydrogen (secondary N) is 2. The van der Waals surface area contributed by atoms with E-state index in [2.05, 4.69) is 15.0 Å². The molecular weight excluding hydrogens is 414 g/mol. The molecular formula is C20H26F2N4O3S. The lowest BCUT2D eigenvalue weighted by Gasteiger charge is -2.40. The van der Waals surface area contributed by atoms with Crippen LogP contribution in [0.4, 0.5) is 14.6 Å². The van der Waals surface area contributed by atoms with Crippen LogP contribution in [0.5, 0.6) is 0 Å². The van der Waals surface area contributed by atoms with E-state index in [0.717, 1.165) is 0 Å². The van der Waals surface area contributed by atoms with Gasteiger partial charge in [-0.05, 0) is 45.2 Å². The number of nitrogens with zero attached hydrogens (tertiary/aromatic N) is 2. The molecule has 10 heteroatoms. The van der Waals surface area contributed by atoms with E-state index in [1.165, 1.54) is 43.6 Å². The fraction of sp³-hybridized carbons (Fsp3) is 0.450. The highest BCUT2D eigenvalue weighted by molar-refractivity contribution is 7.89. The maximum atomic E-state index is 14.6. The molecule has 1 aromatic carbocycles. The summed E-state index contributed by atoms with van der Waals surface area (Å²) in [6.07, 6.45) is 1.08. The summed E-state index contributed by atoms with van der Waals surface area (Å²) in [6, 6.07) is 6.17. The molecule has 2 N–H and O–H groups in total. The second-order valence-electron chi connectivity index (χ2n) is 7.33. The first kappa shape index (κ1) is 22.5. The van der Waals surface area contributed by atoms with Crippen molar-refractivity contribution in [3.8, 4) is 0 Å². The summed E-state index contributed by atoms with van der Waals surface area (Å²) in [5.41, 5.74) is -0.0133. The average Bonchev–Trinajstić information content (AvgIpc) is 2.69. The highest BCUT2D eigenvalue weighted by Gasteiger charge is 2.32. The standard InChI is InChI=1S/C20H26F2N4O3S/c1-13-11-26(12-14(2)29-13)18(20-16(21)5-4-6-17(20)22)10-25-19-8-7-15(9-24-19)30(27,28)23-3/h4-9,13-14,18,23H,10-12H2,1-3H3,(H,24,25). The molecule has 3 atom stereocenters. The van der Waals surface area contributed by atoms with Gasteiger partial charge in [-0.2, -0.15) is 0 Å². The Bertz CT molecular complexity index is 942. The largest absolute Gasteiger partial charge is 0.373 e. The second-order valence-corrected chi connectivity index (χ2v) is 9.22. The van der Waals surface area contributed by atoms with Crippen LogP contribution in [-0.4, -0.2) is 57.2 Å². The molecule has 1 aliphatic heterocycles. The van der Waals surface area contributed by atoms with E-state index in [1.54, 1.807) is 0 Å². The van der Waals surface area contributed by atoms with Crippen LogP contribution in [-0.2, 0) is 14.8 Å².